The Bertz CT molecular complexity index is 1240. The molecule has 0 fully saturated rings. The van der Waals surface area contributed by atoms with Crippen LogP contribution in [0.4, 0.5) is 5.69 Å². The number of aryl methyl sites for hydroxylation is 2. The van der Waals surface area contributed by atoms with Crippen molar-refractivity contribution in [1.82, 2.24) is 21.0 Å². The van der Waals surface area contributed by atoms with Crippen molar-refractivity contribution >= 4 is 27.5 Å². The van der Waals surface area contributed by atoms with Crippen LogP contribution in [0.3, 0.4) is 0 Å². The third-order valence-corrected chi connectivity index (χ3v) is 5.99. The number of sulfonamides is 1. The lowest BCUT2D eigenvalue weighted by atomic mass is 10.2. The van der Waals surface area contributed by atoms with Crippen molar-refractivity contribution in [2.24, 2.45) is 0 Å². The molecule has 0 aliphatic carbocycles. The quantitative estimate of drug-likeness (QED) is 0.368. The monoisotopic (exact) mass is 487 g/mol. The van der Waals surface area contributed by atoms with Crippen LogP contribution in [0.25, 0.3) is 0 Å². The molecule has 2 aromatic carbocycles. The van der Waals surface area contributed by atoms with Crippen LogP contribution in [-0.4, -0.2) is 37.5 Å². The summed E-state index contributed by atoms with van der Waals surface area (Å²) in [6, 6.07) is 11.8. The van der Waals surface area contributed by atoms with Crippen molar-refractivity contribution in [2.75, 3.05) is 11.8 Å². The maximum atomic E-state index is 12.7. The van der Waals surface area contributed by atoms with Crippen LogP contribution < -0.4 is 20.3 Å². The summed E-state index contributed by atoms with van der Waals surface area (Å²) in [5.74, 6) is 0.378. The van der Waals surface area contributed by atoms with E-state index in [1.165, 1.54) is 31.4 Å². The van der Waals surface area contributed by atoms with Crippen LogP contribution in [0.15, 0.2) is 57.9 Å². The van der Waals surface area contributed by atoms with Gasteiger partial charge in [-0.3, -0.25) is 25.2 Å². The minimum Gasteiger partial charge on any atom is -0.497 e. The van der Waals surface area contributed by atoms with Gasteiger partial charge in [0.25, 0.3) is 15.9 Å². The van der Waals surface area contributed by atoms with Crippen molar-refractivity contribution in [1.29, 1.82) is 0 Å². The first-order chi connectivity index (χ1) is 16.3. The largest absolute Gasteiger partial charge is 0.497 e. The van der Waals surface area contributed by atoms with Crippen LogP contribution >= 0.6 is 0 Å². The average molecular weight is 488 g/mol. The predicted octanol–water partition coefficient (Wildman–Crippen LogP) is 2.23. The maximum Gasteiger partial charge on any atom is 0.269 e. The van der Waals surface area contributed by atoms with Gasteiger partial charge in [-0.2, -0.15) is 4.98 Å². The predicted molar refractivity (Wildman–Crippen MR) is 122 cm³/mol. The van der Waals surface area contributed by atoms with Gasteiger partial charge in [-0.1, -0.05) is 18.1 Å². The number of amides is 2. The lowest BCUT2D eigenvalue weighted by molar-refractivity contribution is -0.121. The lowest BCUT2D eigenvalue weighted by Gasteiger charge is -2.11. The van der Waals surface area contributed by atoms with E-state index in [0.29, 0.717) is 29.6 Å². The van der Waals surface area contributed by atoms with Gasteiger partial charge in [0.1, 0.15) is 5.75 Å². The highest BCUT2D eigenvalue weighted by atomic mass is 32.2. The first-order valence-electron chi connectivity index (χ1n) is 10.5. The Kier molecular flexibility index (Phi) is 8.19. The van der Waals surface area contributed by atoms with Crippen LogP contribution in [0.1, 0.15) is 41.8 Å². The summed E-state index contributed by atoms with van der Waals surface area (Å²) in [4.78, 5) is 28.5. The zero-order chi connectivity index (χ0) is 24.6. The average Bonchev–Trinajstić information content (AvgIpc) is 3.29. The highest BCUT2D eigenvalue weighted by Crippen LogP contribution is 2.20. The zero-order valence-corrected chi connectivity index (χ0v) is 19.5. The molecule has 0 unspecified atom stereocenters. The number of benzene rings is 2. The summed E-state index contributed by atoms with van der Waals surface area (Å²) in [6.45, 7) is 1.99. The number of aromatic nitrogens is 2. The molecule has 0 aliphatic rings. The number of hydrogen-bond acceptors (Lipinski definition) is 8. The molecule has 3 N–H and O–H groups in total. The van der Waals surface area contributed by atoms with E-state index < -0.39 is 21.8 Å². The van der Waals surface area contributed by atoms with Crippen LogP contribution in [0, 0.1) is 0 Å². The first kappa shape index (κ1) is 24.7. The minimum absolute atomic E-state index is 0.0221. The van der Waals surface area contributed by atoms with Crippen LogP contribution in [0.5, 0.6) is 5.75 Å². The summed E-state index contributed by atoms with van der Waals surface area (Å²) in [5.41, 5.74) is 4.95. The number of nitrogens with zero attached hydrogens (tertiary/aromatic N) is 2. The molecule has 11 nitrogen and oxygen atoms in total. The molecular formula is C22H25N5O6S. The van der Waals surface area contributed by atoms with Gasteiger partial charge >= 0.3 is 0 Å². The minimum atomic E-state index is -3.94. The van der Waals surface area contributed by atoms with E-state index in [1.807, 2.05) is 6.92 Å². The van der Waals surface area contributed by atoms with Crippen LogP contribution in [-0.2, 0) is 27.7 Å². The van der Waals surface area contributed by atoms with Crippen molar-refractivity contribution in [3.63, 3.8) is 0 Å². The van der Waals surface area contributed by atoms with Crippen molar-refractivity contribution in [3.8, 4) is 5.75 Å². The van der Waals surface area contributed by atoms with Crippen molar-refractivity contribution in [3.05, 3.63) is 65.8 Å². The van der Waals surface area contributed by atoms with Gasteiger partial charge in [0, 0.05) is 30.5 Å². The molecule has 0 saturated carbocycles. The molecule has 34 heavy (non-hydrogen) atoms. The Hall–Kier alpha value is -3.93. The molecule has 2 amide bonds. The van der Waals surface area contributed by atoms with E-state index in [4.69, 9.17) is 9.26 Å². The molecular weight excluding hydrogens is 462 g/mol. The third kappa shape index (κ3) is 6.78. The number of carbonyl (C=O) groups excluding carboxylic acids is 2. The molecule has 0 spiro atoms. The van der Waals surface area contributed by atoms with E-state index in [2.05, 4.69) is 25.7 Å². The van der Waals surface area contributed by atoms with E-state index >= 15 is 0 Å². The van der Waals surface area contributed by atoms with Gasteiger partial charge in [0.05, 0.1) is 12.0 Å². The number of ether oxygens (including phenoxy) is 1. The number of carbonyl (C=O) groups is 2. The zero-order valence-electron chi connectivity index (χ0n) is 18.7. The number of hydrazine groups is 1. The van der Waals surface area contributed by atoms with Crippen molar-refractivity contribution < 1.29 is 27.3 Å². The number of rotatable bonds is 10. The number of anilines is 1. The number of nitrogens with one attached hydrogen (secondary N) is 3. The molecule has 3 rings (SSSR count). The summed E-state index contributed by atoms with van der Waals surface area (Å²) in [7, 11) is -2.43. The third-order valence-electron chi connectivity index (χ3n) is 4.61. The molecule has 3 aromatic rings. The van der Waals surface area contributed by atoms with Crippen molar-refractivity contribution in [2.45, 2.75) is 37.5 Å². The number of hydrogen-bond donors (Lipinski definition) is 3. The molecule has 1 aromatic heterocycles. The van der Waals surface area contributed by atoms with E-state index in [9.17, 15) is 18.0 Å². The maximum absolute atomic E-state index is 12.7. The summed E-state index contributed by atoms with van der Waals surface area (Å²) in [5, 5.41) is 3.81. The smallest absolute Gasteiger partial charge is 0.269 e. The Balaban J connectivity index is 1.55. The molecule has 0 atom stereocenters. The summed E-state index contributed by atoms with van der Waals surface area (Å²) in [6.07, 6.45) is 1.82. The van der Waals surface area contributed by atoms with Gasteiger partial charge in [-0.25, -0.2) is 8.42 Å². The SMILES string of the molecule is CCCc1noc(CCC(=O)NNC(=O)c2cccc(S(=O)(=O)Nc3ccc(OC)cc3)c2)n1. The molecule has 0 bridgehead atoms. The normalized spacial score (nSPS) is 11.0. The molecule has 0 radical (unpaired) electrons. The second-order valence-electron chi connectivity index (χ2n) is 7.22. The van der Waals surface area contributed by atoms with E-state index in [0.717, 1.165) is 6.42 Å². The number of methoxy groups -OCH3 is 1. The molecule has 12 heteroatoms. The molecule has 0 aliphatic heterocycles. The van der Waals surface area contributed by atoms with Gasteiger partial charge < -0.3 is 9.26 Å². The second kappa shape index (κ2) is 11.3. The Morgan fingerprint density at radius 3 is 2.53 bits per heavy atom. The fourth-order valence-electron chi connectivity index (χ4n) is 2.88. The highest BCUT2D eigenvalue weighted by Gasteiger charge is 2.17. The molecule has 180 valence electrons. The Labute approximate surface area is 196 Å². The van der Waals surface area contributed by atoms with E-state index in [1.54, 1.807) is 24.3 Å². The fourth-order valence-corrected chi connectivity index (χ4v) is 3.98. The van der Waals surface area contributed by atoms with Gasteiger partial charge in [-0.05, 0) is 48.9 Å². The van der Waals surface area contributed by atoms with E-state index in [-0.39, 0.29) is 23.3 Å². The lowest BCUT2D eigenvalue weighted by Crippen LogP contribution is -2.41. The van der Waals surface area contributed by atoms with Gasteiger partial charge in [0.15, 0.2) is 5.82 Å². The Morgan fingerprint density at radius 1 is 1.06 bits per heavy atom. The molecule has 1 heterocycles. The standard InChI is InChI=1S/C22H25N5O6S/c1-3-5-19-23-21(33-26-19)13-12-20(28)24-25-22(29)15-6-4-7-18(14-15)34(30,31)27-16-8-10-17(32-2)11-9-16/h4,6-11,14,27H,3,5,12-13H2,1-2H3,(H,24,28)(H,25,29). The highest BCUT2D eigenvalue weighted by molar-refractivity contribution is 7.92. The second-order valence-corrected chi connectivity index (χ2v) is 8.90. The molecule has 0 saturated heterocycles. The van der Waals surface area contributed by atoms with Gasteiger partial charge in [-0.15, -0.1) is 0 Å². The van der Waals surface area contributed by atoms with Gasteiger partial charge in [0.2, 0.25) is 11.8 Å². The topological polar surface area (TPSA) is 153 Å². The Morgan fingerprint density at radius 2 is 1.82 bits per heavy atom. The first-order valence-corrected chi connectivity index (χ1v) is 12.0. The van der Waals surface area contributed by atoms with Crippen LogP contribution in [0.2, 0.25) is 0 Å². The summed E-state index contributed by atoms with van der Waals surface area (Å²) >= 11 is 0. The summed E-state index contributed by atoms with van der Waals surface area (Å²) < 4.78 is 37.9. The fraction of sp³-hybridized carbons (Fsp3) is 0.273.